The fourth-order valence-electron chi connectivity index (χ4n) is 3.76. The average Bonchev–Trinajstić information content (AvgIpc) is 2.82. The van der Waals surface area contributed by atoms with E-state index in [2.05, 4.69) is 0 Å². The minimum Gasteiger partial charge on any atom is -0.480 e. The molecule has 7 nitrogen and oxygen atoms in total. The number of aliphatic hydroxyl groups is 1. The van der Waals surface area contributed by atoms with E-state index in [1.54, 1.807) is 0 Å². The van der Waals surface area contributed by atoms with E-state index in [1.165, 1.54) is 13.8 Å². The van der Waals surface area contributed by atoms with Crippen LogP contribution in [0.5, 0.6) is 0 Å². The molecule has 25 heavy (non-hydrogen) atoms. The Bertz CT molecular complexity index is 609. The Hall–Kier alpha value is -1.77. The number of nitrogens with zero attached hydrogens (tertiary/aromatic N) is 1. The van der Waals surface area contributed by atoms with Crippen molar-refractivity contribution in [1.82, 2.24) is 10.2 Å². The zero-order valence-corrected chi connectivity index (χ0v) is 14.8. The number of halogens is 2. The first-order valence-corrected chi connectivity index (χ1v) is 8.04. The van der Waals surface area contributed by atoms with Gasteiger partial charge in [-0.05, 0) is 25.2 Å². The molecule has 4 atom stereocenters. The van der Waals surface area contributed by atoms with Crippen molar-refractivity contribution in [2.45, 2.75) is 58.2 Å². The predicted octanol–water partition coefficient (Wildman–Crippen LogP) is 0.465. The molecule has 0 spiro atoms. The summed E-state index contributed by atoms with van der Waals surface area (Å²) in [5.41, 5.74) is -2.06. The highest BCUT2D eigenvalue weighted by Crippen LogP contribution is 2.64. The van der Waals surface area contributed by atoms with Crippen LogP contribution in [0.25, 0.3) is 0 Å². The number of carboxylic acid groups (broad SMARTS) is 1. The van der Waals surface area contributed by atoms with E-state index in [1.807, 2.05) is 19.2 Å². The number of alkyl halides is 2. The lowest BCUT2D eigenvalue weighted by molar-refractivity contribution is -0.157. The lowest BCUT2D eigenvalue weighted by Gasteiger charge is -2.36. The second kappa shape index (κ2) is 5.62. The second-order valence-electron chi connectivity index (χ2n) is 8.18. The number of carboxylic acids is 1. The van der Waals surface area contributed by atoms with Crippen LogP contribution in [0.2, 0.25) is 0 Å². The Morgan fingerprint density at radius 1 is 1.24 bits per heavy atom. The van der Waals surface area contributed by atoms with E-state index in [4.69, 9.17) is 0 Å². The third-order valence-electron chi connectivity index (χ3n) is 5.37. The molecule has 9 heteroatoms. The lowest BCUT2D eigenvalue weighted by atomic mass is 9.94. The molecule has 1 saturated heterocycles. The standard InChI is InChI=1S/C16H24F2N2O5/c1-14(2)7-6-20(9(8(7)14)12(22)23)11(21)10(15(3,4)25)19-13(24)16(5,17)18/h7-10,25H,6H2,1-5H3,(H,19,24)(H,22,23). The second-order valence-corrected chi connectivity index (χ2v) is 8.18. The van der Waals surface area contributed by atoms with Gasteiger partial charge in [-0.1, -0.05) is 13.8 Å². The van der Waals surface area contributed by atoms with Crippen molar-refractivity contribution in [3.8, 4) is 0 Å². The van der Waals surface area contributed by atoms with Crippen molar-refractivity contribution >= 4 is 17.8 Å². The number of amides is 2. The summed E-state index contributed by atoms with van der Waals surface area (Å²) in [5, 5.41) is 21.5. The number of hydrogen-bond donors (Lipinski definition) is 3. The van der Waals surface area contributed by atoms with Gasteiger partial charge in [0.05, 0.1) is 5.60 Å². The Kier molecular flexibility index (Phi) is 4.39. The summed E-state index contributed by atoms with van der Waals surface area (Å²) in [6.07, 6.45) is 0. The highest BCUT2D eigenvalue weighted by atomic mass is 19.3. The number of aliphatic carboxylic acids is 1. The molecule has 0 radical (unpaired) electrons. The van der Waals surface area contributed by atoms with Gasteiger partial charge < -0.3 is 20.4 Å². The van der Waals surface area contributed by atoms with Crippen LogP contribution in [0.1, 0.15) is 34.6 Å². The van der Waals surface area contributed by atoms with Gasteiger partial charge in [-0.3, -0.25) is 9.59 Å². The number of hydrogen-bond acceptors (Lipinski definition) is 4. The van der Waals surface area contributed by atoms with E-state index >= 15 is 0 Å². The molecular weight excluding hydrogens is 338 g/mol. The van der Waals surface area contributed by atoms with Gasteiger partial charge in [0.2, 0.25) is 5.91 Å². The Morgan fingerprint density at radius 2 is 1.76 bits per heavy atom. The quantitative estimate of drug-likeness (QED) is 0.659. The summed E-state index contributed by atoms with van der Waals surface area (Å²) in [7, 11) is 0. The van der Waals surface area contributed by atoms with Crippen molar-refractivity contribution in [2.24, 2.45) is 17.3 Å². The van der Waals surface area contributed by atoms with Crippen LogP contribution in [-0.2, 0) is 14.4 Å². The summed E-state index contributed by atoms with van der Waals surface area (Å²) in [6, 6.07) is -2.77. The summed E-state index contributed by atoms with van der Waals surface area (Å²) in [5.74, 6) is -7.74. The number of nitrogens with one attached hydrogen (secondary N) is 1. The largest absolute Gasteiger partial charge is 0.480 e. The summed E-state index contributed by atoms with van der Waals surface area (Å²) >= 11 is 0. The summed E-state index contributed by atoms with van der Waals surface area (Å²) < 4.78 is 26.3. The molecule has 0 aromatic carbocycles. The maximum absolute atomic E-state index is 13.2. The van der Waals surface area contributed by atoms with E-state index in [0.717, 1.165) is 4.90 Å². The monoisotopic (exact) mass is 362 g/mol. The SMILES string of the molecule is CC(F)(F)C(=O)NC(C(=O)N1CC2C(C1C(=O)O)C2(C)C)C(C)(C)O. The van der Waals surface area contributed by atoms with Gasteiger partial charge in [0.1, 0.15) is 12.1 Å². The Labute approximate surface area is 144 Å². The summed E-state index contributed by atoms with van der Waals surface area (Å²) in [6.45, 7) is 6.74. The summed E-state index contributed by atoms with van der Waals surface area (Å²) in [4.78, 5) is 37.1. The number of rotatable bonds is 5. The van der Waals surface area contributed by atoms with Crippen LogP contribution in [0.4, 0.5) is 8.78 Å². The van der Waals surface area contributed by atoms with Gasteiger partial charge in [-0.2, -0.15) is 8.78 Å². The van der Waals surface area contributed by atoms with Gasteiger partial charge in [0.15, 0.2) is 0 Å². The first-order chi connectivity index (χ1) is 11.1. The maximum atomic E-state index is 13.2. The van der Waals surface area contributed by atoms with Gasteiger partial charge in [-0.25, -0.2) is 4.79 Å². The first-order valence-electron chi connectivity index (χ1n) is 8.04. The van der Waals surface area contributed by atoms with Crippen LogP contribution in [0.15, 0.2) is 0 Å². The highest BCUT2D eigenvalue weighted by Gasteiger charge is 2.70. The molecule has 2 amide bonds. The molecule has 2 rings (SSSR count). The van der Waals surface area contributed by atoms with E-state index in [-0.39, 0.29) is 23.8 Å². The van der Waals surface area contributed by atoms with E-state index in [9.17, 15) is 33.4 Å². The molecular formula is C16H24F2N2O5. The fraction of sp³-hybridized carbons (Fsp3) is 0.812. The van der Waals surface area contributed by atoms with Gasteiger partial charge in [0.25, 0.3) is 5.91 Å². The Balaban J connectivity index is 2.26. The van der Waals surface area contributed by atoms with E-state index in [0.29, 0.717) is 6.92 Å². The lowest BCUT2D eigenvalue weighted by Crippen LogP contribution is -2.62. The van der Waals surface area contributed by atoms with Crippen molar-refractivity contribution in [3.63, 3.8) is 0 Å². The van der Waals surface area contributed by atoms with Crippen molar-refractivity contribution in [3.05, 3.63) is 0 Å². The molecule has 3 N–H and O–H groups in total. The van der Waals surface area contributed by atoms with Crippen LogP contribution in [0.3, 0.4) is 0 Å². The number of likely N-dealkylation sites (tertiary alicyclic amines) is 1. The number of fused-ring (bicyclic) bond motifs is 1. The minimum absolute atomic E-state index is 0.0108. The maximum Gasteiger partial charge on any atom is 0.326 e. The van der Waals surface area contributed by atoms with Gasteiger partial charge in [-0.15, -0.1) is 0 Å². The number of carbonyl (C=O) groups is 3. The van der Waals surface area contributed by atoms with Crippen molar-refractivity contribution in [2.75, 3.05) is 6.54 Å². The van der Waals surface area contributed by atoms with Crippen LogP contribution in [0, 0.1) is 17.3 Å². The molecule has 1 heterocycles. The zero-order chi connectivity index (χ0) is 19.5. The zero-order valence-electron chi connectivity index (χ0n) is 14.8. The molecule has 0 aromatic rings. The molecule has 4 unspecified atom stereocenters. The van der Waals surface area contributed by atoms with Crippen LogP contribution < -0.4 is 5.32 Å². The smallest absolute Gasteiger partial charge is 0.326 e. The average molecular weight is 362 g/mol. The predicted molar refractivity (Wildman–Crippen MR) is 82.7 cm³/mol. The molecule has 1 saturated carbocycles. The van der Waals surface area contributed by atoms with E-state index < -0.39 is 41.4 Å². The first kappa shape index (κ1) is 19.6. The number of piperidine rings is 1. The van der Waals surface area contributed by atoms with Crippen LogP contribution in [-0.4, -0.2) is 63.0 Å². The van der Waals surface area contributed by atoms with Crippen molar-refractivity contribution < 1.29 is 33.4 Å². The molecule has 2 fully saturated rings. The Morgan fingerprint density at radius 3 is 2.16 bits per heavy atom. The third kappa shape index (κ3) is 3.33. The van der Waals surface area contributed by atoms with Gasteiger partial charge in [0, 0.05) is 19.4 Å². The highest BCUT2D eigenvalue weighted by molar-refractivity contribution is 5.93. The topological polar surface area (TPSA) is 107 Å². The third-order valence-corrected chi connectivity index (χ3v) is 5.37. The fourth-order valence-corrected chi connectivity index (χ4v) is 3.76. The molecule has 1 aliphatic heterocycles. The molecule has 0 aromatic heterocycles. The molecule has 142 valence electrons. The minimum atomic E-state index is -3.73. The van der Waals surface area contributed by atoms with Crippen molar-refractivity contribution in [1.29, 1.82) is 0 Å². The molecule has 1 aliphatic carbocycles. The van der Waals surface area contributed by atoms with Crippen LogP contribution >= 0.6 is 0 Å². The molecule has 0 bridgehead atoms. The molecule has 2 aliphatic rings. The van der Waals surface area contributed by atoms with Gasteiger partial charge >= 0.3 is 11.9 Å². The number of carbonyl (C=O) groups excluding carboxylic acids is 2. The normalized spacial score (nSPS) is 29.0.